The van der Waals surface area contributed by atoms with Crippen molar-refractivity contribution in [3.05, 3.63) is 17.5 Å². The standard InChI is InChI=1S/C28H42N4O5S/c33-27(24-15-25(37-31-24)18-1-2-18)30-22-13-19-16-28(17-20(14-22)26(19)28)38(34,35)23-5-3-21(4-6-23)29-7-8-32-9-11-36-12-10-32/h15,18-23,26,29H,1-14,16-17H2,(H,30,33)/t19-,20+,21-,22-,23+,26?,28?. The van der Waals surface area contributed by atoms with E-state index < -0.39 is 14.6 Å². The van der Waals surface area contributed by atoms with Gasteiger partial charge in [0.1, 0.15) is 5.76 Å². The molecule has 38 heavy (non-hydrogen) atoms. The number of rotatable bonds is 9. The van der Waals surface area contributed by atoms with Crippen LogP contribution in [0.25, 0.3) is 0 Å². The first kappa shape index (κ1) is 25.5. The fourth-order valence-corrected chi connectivity index (χ4v) is 11.8. The number of hydrogen-bond donors (Lipinski definition) is 2. The zero-order chi connectivity index (χ0) is 25.9. The van der Waals surface area contributed by atoms with Crippen molar-refractivity contribution in [2.45, 2.75) is 92.2 Å². The number of nitrogens with zero attached hydrogens (tertiary/aromatic N) is 2. The quantitative estimate of drug-likeness (QED) is 0.486. The maximum absolute atomic E-state index is 13.9. The van der Waals surface area contributed by atoms with E-state index in [-0.39, 0.29) is 17.2 Å². The summed E-state index contributed by atoms with van der Waals surface area (Å²) in [5, 5.41) is 10.7. The van der Waals surface area contributed by atoms with Crippen molar-refractivity contribution in [3.63, 3.8) is 0 Å². The second kappa shape index (κ2) is 9.85. The second-order valence-electron chi connectivity index (χ2n) is 13.0. The van der Waals surface area contributed by atoms with Gasteiger partial charge in [0.15, 0.2) is 15.5 Å². The van der Waals surface area contributed by atoms with Crippen molar-refractivity contribution in [2.24, 2.45) is 17.8 Å². The van der Waals surface area contributed by atoms with Crippen LogP contribution >= 0.6 is 0 Å². The number of morpholine rings is 1. The highest BCUT2D eigenvalue weighted by molar-refractivity contribution is 7.93. The van der Waals surface area contributed by atoms with E-state index in [1.165, 1.54) is 0 Å². The Hall–Kier alpha value is -1.49. The molecule has 1 saturated heterocycles. The van der Waals surface area contributed by atoms with Crippen molar-refractivity contribution in [3.8, 4) is 0 Å². The molecule has 2 heterocycles. The highest BCUT2D eigenvalue weighted by Gasteiger charge is 2.73. The molecule has 0 bridgehead atoms. The van der Waals surface area contributed by atoms with Gasteiger partial charge in [-0.1, -0.05) is 5.16 Å². The molecule has 1 aliphatic heterocycles. The van der Waals surface area contributed by atoms with Crippen LogP contribution in [0.4, 0.5) is 0 Å². The van der Waals surface area contributed by atoms with Crippen molar-refractivity contribution in [2.75, 3.05) is 39.4 Å². The van der Waals surface area contributed by atoms with Gasteiger partial charge >= 0.3 is 0 Å². The number of carbonyl (C=O) groups excluding carboxylic acids is 1. The van der Waals surface area contributed by atoms with E-state index in [2.05, 4.69) is 20.7 Å². The van der Waals surface area contributed by atoms with E-state index >= 15 is 0 Å². The number of carbonyl (C=O) groups is 1. The van der Waals surface area contributed by atoms with Gasteiger partial charge in [-0.2, -0.15) is 0 Å². The number of sulfone groups is 1. The van der Waals surface area contributed by atoms with Gasteiger partial charge in [-0.05, 0) is 82.0 Å². The first-order valence-electron chi connectivity index (χ1n) is 15.0. The van der Waals surface area contributed by atoms with Crippen molar-refractivity contribution in [1.82, 2.24) is 20.7 Å². The zero-order valence-electron chi connectivity index (χ0n) is 22.3. The summed E-state index contributed by atoms with van der Waals surface area (Å²) in [7, 11) is -3.13. The van der Waals surface area contributed by atoms with Crippen molar-refractivity contribution >= 4 is 15.7 Å². The highest BCUT2D eigenvalue weighted by atomic mass is 32.2. The summed E-state index contributed by atoms with van der Waals surface area (Å²) in [6.45, 7) is 5.67. The Labute approximate surface area is 225 Å². The van der Waals surface area contributed by atoms with Crippen LogP contribution in [0.1, 0.15) is 86.4 Å². The van der Waals surface area contributed by atoms with Crippen LogP contribution in [0.15, 0.2) is 10.6 Å². The molecule has 10 heteroatoms. The van der Waals surface area contributed by atoms with Gasteiger partial charge in [0.2, 0.25) is 0 Å². The number of nitrogens with one attached hydrogen (secondary N) is 2. The normalized spacial score (nSPS) is 39.1. The van der Waals surface area contributed by atoms with Gasteiger partial charge in [-0.3, -0.25) is 9.69 Å². The predicted molar refractivity (Wildman–Crippen MR) is 142 cm³/mol. The third-order valence-corrected chi connectivity index (χ3v) is 13.8. The molecule has 1 aromatic heterocycles. The molecule has 2 unspecified atom stereocenters. The van der Waals surface area contributed by atoms with Gasteiger partial charge in [0.25, 0.3) is 5.91 Å². The SMILES string of the molecule is O=C(N[C@@H]1C[C@@H]2CC3(S(=O)(=O)[C@H]4CC[C@@H](NCCN5CCOCC5)CC4)C[C@H](C1)C23)c1cc(C2CC2)on1. The average Bonchev–Trinajstić information content (AvgIpc) is 3.62. The minimum atomic E-state index is -3.13. The molecule has 5 saturated carbocycles. The van der Waals surface area contributed by atoms with Gasteiger partial charge in [-0.15, -0.1) is 0 Å². The van der Waals surface area contributed by atoms with Crippen LogP contribution in [0, 0.1) is 17.8 Å². The largest absolute Gasteiger partial charge is 0.379 e. The summed E-state index contributed by atoms with van der Waals surface area (Å²) in [5.74, 6) is 2.24. The highest BCUT2D eigenvalue weighted by Crippen LogP contribution is 2.70. The summed E-state index contributed by atoms with van der Waals surface area (Å²) in [4.78, 5) is 15.2. The average molecular weight is 547 g/mol. The van der Waals surface area contributed by atoms with Crippen LogP contribution in [-0.2, 0) is 14.6 Å². The van der Waals surface area contributed by atoms with Crippen LogP contribution in [0.2, 0.25) is 0 Å². The number of ether oxygens (including phenoxy) is 1. The van der Waals surface area contributed by atoms with E-state index in [1.54, 1.807) is 6.07 Å². The molecule has 0 radical (unpaired) electrons. The molecule has 0 spiro atoms. The maximum Gasteiger partial charge on any atom is 0.273 e. The summed E-state index contributed by atoms with van der Waals surface area (Å²) in [6.07, 6.45) is 9.07. The summed E-state index contributed by atoms with van der Waals surface area (Å²) < 4.78 is 38.1. The molecule has 7 rings (SSSR count). The predicted octanol–water partition coefficient (Wildman–Crippen LogP) is 2.49. The molecule has 1 amide bonds. The van der Waals surface area contributed by atoms with Gasteiger partial charge < -0.3 is 19.9 Å². The molecule has 210 valence electrons. The lowest BCUT2D eigenvalue weighted by Gasteiger charge is -2.70. The lowest BCUT2D eigenvalue weighted by molar-refractivity contribution is -0.106. The molecular weight excluding hydrogens is 504 g/mol. The van der Waals surface area contributed by atoms with Crippen LogP contribution in [0.5, 0.6) is 0 Å². The van der Waals surface area contributed by atoms with E-state index in [9.17, 15) is 13.2 Å². The summed E-state index contributed by atoms with van der Waals surface area (Å²) in [5.41, 5.74) is 0.374. The Bertz CT molecular complexity index is 1120. The Balaban J connectivity index is 0.885. The summed E-state index contributed by atoms with van der Waals surface area (Å²) in [6, 6.07) is 2.33. The molecule has 2 N–H and O–H groups in total. The van der Waals surface area contributed by atoms with E-state index in [0.29, 0.717) is 35.4 Å². The zero-order valence-corrected chi connectivity index (χ0v) is 23.1. The number of hydrogen-bond acceptors (Lipinski definition) is 8. The van der Waals surface area contributed by atoms with Crippen LogP contribution < -0.4 is 10.6 Å². The van der Waals surface area contributed by atoms with Crippen LogP contribution in [-0.4, -0.2) is 85.9 Å². The molecule has 5 atom stereocenters. The molecule has 6 fully saturated rings. The summed E-state index contributed by atoms with van der Waals surface area (Å²) >= 11 is 0. The Kier molecular flexibility index (Phi) is 6.61. The lowest BCUT2D eigenvalue weighted by atomic mass is 9.42. The lowest BCUT2D eigenvalue weighted by Crippen LogP contribution is -2.74. The number of amides is 1. The maximum atomic E-state index is 13.9. The smallest absolute Gasteiger partial charge is 0.273 e. The first-order chi connectivity index (χ1) is 18.4. The molecule has 9 nitrogen and oxygen atoms in total. The molecule has 0 aromatic carbocycles. The van der Waals surface area contributed by atoms with Crippen LogP contribution in [0.3, 0.4) is 0 Å². The topological polar surface area (TPSA) is 114 Å². The minimum absolute atomic E-state index is 0.106. The molecule has 1 aromatic rings. The molecular formula is C28H42N4O5S. The fourth-order valence-electron chi connectivity index (χ4n) is 8.62. The second-order valence-corrected chi connectivity index (χ2v) is 15.5. The Morgan fingerprint density at radius 3 is 2.42 bits per heavy atom. The molecule has 6 aliphatic rings. The van der Waals surface area contributed by atoms with E-state index in [4.69, 9.17) is 9.26 Å². The van der Waals surface area contributed by atoms with Gasteiger partial charge in [0, 0.05) is 50.2 Å². The minimum Gasteiger partial charge on any atom is -0.379 e. The van der Waals surface area contributed by atoms with E-state index in [1.807, 2.05) is 0 Å². The van der Waals surface area contributed by atoms with E-state index in [0.717, 1.165) is 109 Å². The third-order valence-electron chi connectivity index (χ3n) is 10.7. The fraction of sp³-hybridized carbons (Fsp3) is 0.857. The van der Waals surface area contributed by atoms with Gasteiger partial charge in [-0.25, -0.2) is 8.42 Å². The number of aromatic nitrogens is 1. The monoisotopic (exact) mass is 546 g/mol. The first-order valence-corrected chi connectivity index (χ1v) is 16.5. The Morgan fingerprint density at radius 2 is 1.74 bits per heavy atom. The Morgan fingerprint density at radius 1 is 1.03 bits per heavy atom. The van der Waals surface area contributed by atoms with Gasteiger partial charge in [0.05, 0.1) is 23.2 Å². The molecule has 5 aliphatic carbocycles. The van der Waals surface area contributed by atoms with Crippen molar-refractivity contribution < 1.29 is 22.5 Å². The third kappa shape index (κ3) is 4.43. The van der Waals surface area contributed by atoms with Crippen molar-refractivity contribution in [1.29, 1.82) is 0 Å².